The number of carbonyl (C=O) groups is 1. The Labute approximate surface area is 152 Å². The van der Waals surface area contributed by atoms with Crippen LogP contribution in [0.3, 0.4) is 0 Å². The van der Waals surface area contributed by atoms with E-state index in [9.17, 15) is 23.2 Å². The molecule has 0 spiro atoms. The Bertz CT molecular complexity index is 896. The lowest BCUT2D eigenvalue weighted by Crippen LogP contribution is -2.54. The van der Waals surface area contributed by atoms with Crippen LogP contribution in [0.4, 0.5) is 18.9 Å². The van der Waals surface area contributed by atoms with Crippen LogP contribution in [-0.2, 0) is 4.79 Å². The van der Waals surface area contributed by atoms with Crippen molar-refractivity contribution in [3.63, 3.8) is 0 Å². The molecular weight excluding hydrogens is 363 g/mol. The lowest BCUT2D eigenvalue weighted by Gasteiger charge is -2.40. The van der Waals surface area contributed by atoms with Crippen molar-refractivity contribution in [1.29, 1.82) is 5.26 Å². The quantitative estimate of drug-likeness (QED) is 0.835. The number of anilines is 1. The second-order valence-electron chi connectivity index (χ2n) is 6.30. The minimum atomic E-state index is -4.44. The molecule has 10 heteroatoms. The van der Waals surface area contributed by atoms with Crippen LogP contribution in [0.25, 0.3) is 11.0 Å². The first kappa shape index (κ1) is 18.8. The number of alkyl halides is 3. The Kier molecular flexibility index (Phi) is 5.14. The minimum Gasteiger partial charge on any atom is -0.387 e. The first-order valence-corrected chi connectivity index (χ1v) is 8.19. The lowest BCUT2D eigenvalue weighted by atomic mass is 9.92. The summed E-state index contributed by atoms with van der Waals surface area (Å²) in [6.45, 7) is -0.971. The molecule has 27 heavy (non-hydrogen) atoms. The van der Waals surface area contributed by atoms with Crippen molar-refractivity contribution in [1.82, 2.24) is 15.3 Å². The standard InChI is InChI=1S/C17H16F3N5O2/c18-17(19,20)11-5-12(24-14(27)9-26)8-25(7-11)13-2-1-10(6-21)15-16(13)23-4-3-22-15/h1-4,11-12,26H,5,7-9H2,(H,24,27)/t11-,12+/m1/s1. The van der Waals surface area contributed by atoms with E-state index in [0.29, 0.717) is 16.7 Å². The summed E-state index contributed by atoms with van der Waals surface area (Å²) in [7, 11) is 0. The highest BCUT2D eigenvalue weighted by Crippen LogP contribution is 2.36. The molecule has 142 valence electrons. The smallest absolute Gasteiger partial charge is 0.387 e. The summed E-state index contributed by atoms with van der Waals surface area (Å²) >= 11 is 0. The fourth-order valence-corrected chi connectivity index (χ4v) is 3.30. The van der Waals surface area contributed by atoms with E-state index in [0.717, 1.165) is 0 Å². The number of hydrogen-bond acceptors (Lipinski definition) is 6. The fraction of sp³-hybridized carbons (Fsp3) is 0.412. The van der Waals surface area contributed by atoms with Gasteiger partial charge >= 0.3 is 6.18 Å². The van der Waals surface area contributed by atoms with E-state index >= 15 is 0 Å². The maximum Gasteiger partial charge on any atom is 0.393 e. The summed E-state index contributed by atoms with van der Waals surface area (Å²) < 4.78 is 40.2. The SMILES string of the molecule is N#Cc1ccc(N2C[C@@H](NC(=O)CO)C[C@@H](C(F)(F)F)C2)c2nccnc12. The highest BCUT2D eigenvalue weighted by Gasteiger charge is 2.45. The number of hydrogen-bond donors (Lipinski definition) is 2. The molecule has 1 fully saturated rings. The van der Waals surface area contributed by atoms with Crippen molar-refractivity contribution < 1.29 is 23.1 Å². The number of halogens is 3. The number of fused-ring (bicyclic) bond motifs is 1. The predicted octanol–water partition coefficient (Wildman–Crippen LogP) is 1.37. The third-order valence-corrected chi connectivity index (χ3v) is 4.49. The largest absolute Gasteiger partial charge is 0.393 e. The van der Waals surface area contributed by atoms with Crippen molar-refractivity contribution in [2.75, 3.05) is 24.6 Å². The van der Waals surface area contributed by atoms with E-state index in [1.807, 2.05) is 6.07 Å². The molecule has 1 aromatic carbocycles. The Balaban J connectivity index is 2.00. The van der Waals surface area contributed by atoms with Gasteiger partial charge in [-0.05, 0) is 18.6 Å². The molecular formula is C17H16F3N5O2. The molecule has 2 N–H and O–H groups in total. The maximum atomic E-state index is 13.4. The van der Waals surface area contributed by atoms with Gasteiger partial charge in [0.1, 0.15) is 23.7 Å². The molecule has 3 rings (SSSR count). The van der Waals surface area contributed by atoms with Crippen LogP contribution >= 0.6 is 0 Å². The number of carbonyl (C=O) groups excluding carboxylic acids is 1. The highest BCUT2D eigenvalue weighted by molar-refractivity contribution is 5.92. The van der Waals surface area contributed by atoms with E-state index in [4.69, 9.17) is 5.11 Å². The van der Waals surface area contributed by atoms with E-state index < -0.39 is 30.7 Å². The van der Waals surface area contributed by atoms with Crippen molar-refractivity contribution >= 4 is 22.6 Å². The molecule has 1 aliphatic rings. The van der Waals surface area contributed by atoms with Gasteiger partial charge in [-0.25, -0.2) is 0 Å². The molecule has 0 saturated carbocycles. The van der Waals surface area contributed by atoms with E-state index in [-0.39, 0.29) is 25.1 Å². The van der Waals surface area contributed by atoms with Crippen LogP contribution in [0, 0.1) is 17.2 Å². The molecule has 7 nitrogen and oxygen atoms in total. The van der Waals surface area contributed by atoms with Gasteiger partial charge in [0.15, 0.2) is 0 Å². The van der Waals surface area contributed by atoms with E-state index in [2.05, 4.69) is 15.3 Å². The number of aromatic nitrogens is 2. The number of aliphatic hydroxyl groups excluding tert-OH is 1. The van der Waals surface area contributed by atoms with Gasteiger partial charge < -0.3 is 15.3 Å². The molecule has 1 aromatic heterocycles. The molecule has 0 aliphatic carbocycles. The van der Waals surface area contributed by atoms with E-state index in [1.54, 1.807) is 6.07 Å². The summed E-state index contributed by atoms with van der Waals surface area (Å²) in [5, 5.41) is 20.5. The van der Waals surface area contributed by atoms with Crippen LogP contribution in [0.15, 0.2) is 24.5 Å². The maximum absolute atomic E-state index is 13.4. The Morgan fingerprint density at radius 3 is 2.63 bits per heavy atom. The monoisotopic (exact) mass is 379 g/mol. The van der Waals surface area contributed by atoms with Gasteiger partial charge in [0.05, 0.1) is 17.2 Å². The fourth-order valence-electron chi connectivity index (χ4n) is 3.30. The van der Waals surface area contributed by atoms with Crippen molar-refractivity contribution in [2.24, 2.45) is 5.92 Å². The molecule has 0 radical (unpaired) electrons. The molecule has 2 atom stereocenters. The van der Waals surface area contributed by atoms with Crippen LogP contribution in [-0.4, -0.2) is 52.9 Å². The Hall–Kier alpha value is -2.93. The third-order valence-electron chi connectivity index (χ3n) is 4.49. The van der Waals surface area contributed by atoms with Crippen LogP contribution in [0.2, 0.25) is 0 Å². The average molecular weight is 379 g/mol. The van der Waals surface area contributed by atoms with Gasteiger partial charge in [0, 0.05) is 31.5 Å². The van der Waals surface area contributed by atoms with Gasteiger partial charge in [-0.1, -0.05) is 0 Å². The van der Waals surface area contributed by atoms with Crippen LogP contribution in [0.1, 0.15) is 12.0 Å². The molecule has 1 aliphatic heterocycles. The number of nitrogens with zero attached hydrogens (tertiary/aromatic N) is 4. The zero-order valence-corrected chi connectivity index (χ0v) is 14.1. The molecule has 0 unspecified atom stereocenters. The summed E-state index contributed by atoms with van der Waals surface area (Å²) in [6.07, 6.45) is -1.89. The van der Waals surface area contributed by atoms with Gasteiger partial charge in [0.2, 0.25) is 5.91 Å². The number of benzene rings is 1. The van der Waals surface area contributed by atoms with Crippen LogP contribution < -0.4 is 10.2 Å². The van der Waals surface area contributed by atoms with Crippen molar-refractivity contribution in [3.05, 3.63) is 30.1 Å². The second kappa shape index (κ2) is 7.36. The molecule has 1 saturated heterocycles. The van der Waals surface area contributed by atoms with Gasteiger partial charge in [-0.2, -0.15) is 18.4 Å². The summed E-state index contributed by atoms with van der Waals surface area (Å²) in [5.41, 5.74) is 1.32. The average Bonchev–Trinajstić information content (AvgIpc) is 2.66. The molecule has 1 amide bonds. The highest BCUT2D eigenvalue weighted by atomic mass is 19.4. The summed E-state index contributed by atoms with van der Waals surface area (Å²) in [6, 6.07) is 4.24. The zero-order valence-electron chi connectivity index (χ0n) is 14.1. The zero-order chi connectivity index (χ0) is 19.6. The minimum absolute atomic E-state index is 0.121. The number of rotatable bonds is 3. The molecule has 2 heterocycles. The van der Waals surface area contributed by atoms with Gasteiger partial charge in [-0.15, -0.1) is 0 Å². The van der Waals surface area contributed by atoms with Gasteiger partial charge in [-0.3, -0.25) is 14.8 Å². The first-order chi connectivity index (χ1) is 12.8. The third kappa shape index (κ3) is 3.93. The van der Waals surface area contributed by atoms with E-state index in [1.165, 1.54) is 23.4 Å². The summed E-state index contributed by atoms with van der Waals surface area (Å²) in [5.74, 6) is -2.38. The number of piperidine rings is 1. The van der Waals surface area contributed by atoms with Crippen molar-refractivity contribution in [3.8, 4) is 6.07 Å². The molecule has 0 bridgehead atoms. The number of amides is 1. The summed E-state index contributed by atoms with van der Waals surface area (Å²) in [4.78, 5) is 21.3. The predicted molar refractivity (Wildman–Crippen MR) is 89.6 cm³/mol. The van der Waals surface area contributed by atoms with Gasteiger partial charge in [0.25, 0.3) is 0 Å². The Morgan fingerprint density at radius 1 is 1.30 bits per heavy atom. The topological polar surface area (TPSA) is 102 Å². The van der Waals surface area contributed by atoms with Crippen molar-refractivity contribution in [2.45, 2.75) is 18.6 Å². The molecule has 2 aromatic rings. The number of aliphatic hydroxyl groups is 1. The second-order valence-corrected chi connectivity index (χ2v) is 6.30. The first-order valence-electron chi connectivity index (χ1n) is 8.19. The normalized spacial score (nSPS) is 20.3. The number of nitrogens with one attached hydrogen (secondary N) is 1. The lowest BCUT2D eigenvalue weighted by molar-refractivity contribution is -0.178. The Morgan fingerprint density at radius 2 is 2.00 bits per heavy atom. The number of nitriles is 1. The van der Waals surface area contributed by atoms with Crippen LogP contribution in [0.5, 0.6) is 0 Å².